The van der Waals surface area contributed by atoms with Gasteiger partial charge in [0.2, 0.25) is 5.92 Å². The lowest BCUT2D eigenvalue weighted by atomic mass is 9.71. The van der Waals surface area contributed by atoms with E-state index in [9.17, 15) is 18.4 Å². The monoisotopic (exact) mass is 428 g/mol. The molecule has 1 aliphatic heterocycles. The van der Waals surface area contributed by atoms with Gasteiger partial charge < -0.3 is 4.74 Å². The summed E-state index contributed by atoms with van der Waals surface area (Å²) >= 11 is 0. The molecule has 1 amide bonds. The van der Waals surface area contributed by atoms with Crippen LogP contribution >= 0.6 is 0 Å². The first-order valence-electron chi connectivity index (χ1n) is 10.5. The number of ether oxygens (including phenoxy) is 1. The first kappa shape index (κ1) is 21.4. The molecule has 2 aliphatic rings. The summed E-state index contributed by atoms with van der Waals surface area (Å²) in [7, 11) is 0. The zero-order valence-corrected chi connectivity index (χ0v) is 18.0. The predicted molar refractivity (Wildman–Crippen MR) is 112 cm³/mol. The minimum absolute atomic E-state index is 0.0859. The zero-order chi connectivity index (χ0) is 22.4. The number of pyridine rings is 1. The number of carbonyl (C=O) groups excluding carboxylic acids is 2. The number of hydrogen-bond acceptors (Lipinski definition) is 4. The number of rotatable bonds is 4. The molecule has 0 N–H and O–H groups in total. The summed E-state index contributed by atoms with van der Waals surface area (Å²) in [5.41, 5.74) is 1.65. The summed E-state index contributed by atoms with van der Waals surface area (Å²) in [5.74, 6) is -2.96. The van der Waals surface area contributed by atoms with Crippen LogP contribution < -0.4 is 0 Å². The summed E-state index contributed by atoms with van der Waals surface area (Å²) in [6, 6.07) is 9.10. The van der Waals surface area contributed by atoms with Crippen LogP contribution in [0.25, 0.3) is 11.1 Å². The Labute approximate surface area is 180 Å². The van der Waals surface area contributed by atoms with Crippen molar-refractivity contribution in [3.05, 3.63) is 53.9 Å². The van der Waals surface area contributed by atoms with Crippen LogP contribution in [0.5, 0.6) is 0 Å². The molecule has 2 fully saturated rings. The van der Waals surface area contributed by atoms with Crippen molar-refractivity contribution < 1.29 is 23.1 Å². The molecule has 31 heavy (non-hydrogen) atoms. The zero-order valence-electron chi connectivity index (χ0n) is 18.0. The topological polar surface area (TPSA) is 59.5 Å². The van der Waals surface area contributed by atoms with Gasteiger partial charge in [0.25, 0.3) is 0 Å². The lowest BCUT2D eigenvalue weighted by Crippen LogP contribution is -2.57. The maximum atomic E-state index is 13.7. The second-order valence-corrected chi connectivity index (χ2v) is 9.05. The van der Waals surface area contributed by atoms with E-state index in [4.69, 9.17) is 4.74 Å². The molecule has 5 nitrogen and oxygen atoms in total. The molecule has 1 aliphatic carbocycles. The normalized spacial score (nSPS) is 21.2. The molecule has 2 heterocycles. The van der Waals surface area contributed by atoms with Gasteiger partial charge in [0, 0.05) is 36.4 Å². The molecule has 1 aromatic carbocycles. The highest BCUT2D eigenvalue weighted by atomic mass is 19.3. The number of halogens is 2. The van der Waals surface area contributed by atoms with Crippen molar-refractivity contribution >= 4 is 11.9 Å². The number of carbonyl (C=O) groups is 2. The number of ketones is 1. The van der Waals surface area contributed by atoms with Crippen molar-refractivity contribution in [2.45, 2.75) is 63.5 Å². The fraction of sp³-hybridized carbons (Fsp3) is 0.458. The number of aryl methyl sites for hydroxylation is 1. The van der Waals surface area contributed by atoms with Gasteiger partial charge in [-0.2, -0.15) is 0 Å². The number of aromatic nitrogens is 1. The number of benzene rings is 1. The minimum Gasteiger partial charge on any atom is -0.440 e. The fourth-order valence-electron chi connectivity index (χ4n) is 4.65. The molecule has 0 atom stereocenters. The van der Waals surface area contributed by atoms with Gasteiger partial charge in [0.1, 0.15) is 5.60 Å². The third-order valence-electron chi connectivity index (χ3n) is 6.94. The Morgan fingerprint density at radius 1 is 1.10 bits per heavy atom. The molecule has 1 saturated carbocycles. The quantitative estimate of drug-likeness (QED) is 0.610. The number of hydrogen-bond donors (Lipinski definition) is 0. The molecule has 0 radical (unpaired) electrons. The molecule has 1 saturated heterocycles. The van der Waals surface area contributed by atoms with Crippen LogP contribution in [0.15, 0.2) is 42.7 Å². The Bertz CT molecular complexity index is 1010. The van der Waals surface area contributed by atoms with E-state index in [1.165, 1.54) is 4.90 Å². The van der Waals surface area contributed by atoms with Crippen molar-refractivity contribution in [2.24, 2.45) is 0 Å². The molecule has 1 spiro atoms. The Balaban J connectivity index is 1.51. The molecule has 2 aromatic rings. The van der Waals surface area contributed by atoms with Gasteiger partial charge in [-0.05, 0) is 50.8 Å². The van der Waals surface area contributed by atoms with Crippen molar-refractivity contribution in [3.8, 4) is 11.1 Å². The molecule has 0 bridgehead atoms. The van der Waals surface area contributed by atoms with E-state index in [1.54, 1.807) is 38.4 Å². The molecule has 164 valence electrons. The predicted octanol–water partition coefficient (Wildman–Crippen LogP) is 5.42. The molecular weight excluding hydrogens is 402 g/mol. The van der Waals surface area contributed by atoms with Gasteiger partial charge in [0.05, 0.1) is 12.1 Å². The SMILES string of the molecule is Cc1ccncc1-c1ccc(C(=O)CN2C(=O)OC3(CCC(F)(F)CC3)C2(C)C)cc1. The maximum absolute atomic E-state index is 13.7. The largest absolute Gasteiger partial charge is 0.440 e. The summed E-state index contributed by atoms with van der Waals surface area (Å²) < 4.78 is 33.0. The Kier molecular flexibility index (Phi) is 5.10. The van der Waals surface area contributed by atoms with E-state index in [0.29, 0.717) is 5.56 Å². The van der Waals surface area contributed by atoms with Crippen LogP contribution in [0, 0.1) is 6.92 Å². The van der Waals surface area contributed by atoms with E-state index < -0.39 is 23.2 Å². The third-order valence-corrected chi connectivity index (χ3v) is 6.94. The summed E-state index contributed by atoms with van der Waals surface area (Å²) in [5, 5.41) is 0. The van der Waals surface area contributed by atoms with E-state index in [1.807, 2.05) is 25.1 Å². The number of nitrogens with zero attached hydrogens (tertiary/aromatic N) is 2. The van der Waals surface area contributed by atoms with Gasteiger partial charge in [-0.3, -0.25) is 14.7 Å². The van der Waals surface area contributed by atoms with Gasteiger partial charge in [0.15, 0.2) is 5.78 Å². The van der Waals surface area contributed by atoms with E-state index in [-0.39, 0.29) is 38.0 Å². The Morgan fingerprint density at radius 2 is 1.74 bits per heavy atom. The van der Waals surface area contributed by atoms with Crippen LogP contribution in [0.3, 0.4) is 0 Å². The second-order valence-electron chi connectivity index (χ2n) is 9.05. The van der Waals surface area contributed by atoms with Gasteiger partial charge >= 0.3 is 6.09 Å². The van der Waals surface area contributed by atoms with Crippen LogP contribution in [0.1, 0.15) is 55.5 Å². The summed E-state index contributed by atoms with van der Waals surface area (Å²) in [6.45, 7) is 5.43. The highest BCUT2D eigenvalue weighted by Crippen LogP contribution is 2.51. The average Bonchev–Trinajstić information content (AvgIpc) is 2.91. The number of alkyl halides is 2. The highest BCUT2D eigenvalue weighted by Gasteiger charge is 2.62. The van der Waals surface area contributed by atoms with Crippen molar-refractivity contribution in [1.82, 2.24) is 9.88 Å². The summed E-state index contributed by atoms with van der Waals surface area (Å²) in [4.78, 5) is 31.1. The van der Waals surface area contributed by atoms with E-state index in [0.717, 1.165) is 16.7 Å². The first-order chi connectivity index (χ1) is 14.5. The molecule has 0 unspecified atom stereocenters. The van der Waals surface area contributed by atoms with Gasteiger partial charge in [-0.15, -0.1) is 0 Å². The second kappa shape index (κ2) is 7.39. The van der Waals surface area contributed by atoms with E-state index >= 15 is 0 Å². The Hall–Kier alpha value is -2.83. The van der Waals surface area contributed by atoms with Crippen molar-refractivity contribution in [2.75, 3.05) is 6.54 Å². The number of Topliss-reactive ketones (excluding diaryl/α,β-unsaturated/α-hetero) is 1. The third kappa shape index (κ3) is 3.70. The van der Waals surface area contributed by atoms with Crippen LogP contribution in [0.4, 0.5) is 13.6 Å². The van der Waals surface area contributed by atoms with Gasteiger partial charge in [-0.1, -0.05) is 24.3 Å². The molecule has 4 rings (SSSR count). The molecule has 1 aromatic heterocycles. The lowest BCUT2D eigenvalue weighted by molar-refractivity contribution is -0.115. The van der Waals surface area contributed by atoms with Crippen molar-refractivity contribution in [1.29, 1.82) is 0 Å². The van der Waals surface area contributed by atoms with Crippen LogP contribution in [0.2, 0.25) is 0 Å². The standard InChI is InChI=1S/C24H26F2N2O3/c1-16-8-13-27-14-19(16)17-4-6-18(7-5-17)20(29)15-28-21(30)31-23(22(28,2)3)9-11-24(25,26)12-10-23/h4-8,13-14H,9-12,15H2,1-3H3. The smallest absolute Gasteiger partial charge is 0.411 e. The van der Waals surface area contributed by atoms with Crippen LogP contribution in [-0.2, 0) is 4.74 Å². The maximum Gasteiger partial charge on any atom is 0.411 e. The molecular formula is C24H26F2N2O3. The number of amides is 1. The van der Waals surface area contributed by atoms with Gasteiger partial charge in [-0.25, -0.2) is 13.6 Å². The van der Waals surface area contributed by atoms with E-state index in [2.05, 4.69) is 4.98 Å². The fourth-order valence-corrected chi connectivity index (χ4v) is 4.65. The molecule has 7 heteroatoms. The minimum atomic E-state index is -2.73. The summed E-state index contributed by atoms with van der Waals surface area (Å²) in [6.07, 6.45) is 2.42. The highest BCUT2D eigenvalue weighted by molar-refractivity contribution is 5.99. The first-order valence-corrected chi connectivity index (χ1v) is 10.5. The van der Waals surface area contributed by atoms with Crippen LogP contribution in [-0.4, -0.2) is 45.4 Å². The average molecular weight is 428 g/mol. The van der Waals surface area contributed by atoms with Crippen molar-refractivity contribution in [3.63, 3.8) is 0 Å². The Morgan fingerprint density at radius 3 is 2.35 bits per heavy atom. The lowest BCUT2D eigenvalue weighted by Gasteiger charge is -2.45.